The Morgan fingerprint density at radius 3 is 2.77 bits per heavy atom. The van der Waals surface area contributed by atoms with E-state index in [-0.39, 0.29) is 0 Å². The minimum atomic E-state index is 0.518. The molecule has 0 amide bonds. The third kappa shape index (κ3) is 2.53. The van der Waals surface area contributed by atoms with E-state index < -0.39 is 0 Å². The molecule has 3 heteroatoms. The molecule has 1 rings (SSSR count). The van der Waals surface area contributed by atoms with Gasteiger partial charge in [-0.15, -0.1) is 11.3 Å². The Morgan fingerprint density at radius 1 is 1.46 bits per heavy atom. The van der Waals surface area contributed by atoms with Crippen LogP contribution in [0.5, 0.6) is 0 Å². The minimum Gasteiger partial charge on any atom is -0.246 e. The fourth-order valence-corrected chi connectivity index (χ4v) is 2.43. The standard InChI is InChI=1S/C10H14N2S/c1-3-5-10-12-8(4-2)9(13-10)6-7-11/h3-6H2,1-2H3. The second kappa shape index (κ2) is 4.98. The van der Waals surface area contributed by atoms with E-state index in [4.69, 9.17) is 5.26 Å². The van der Waals surface area contributed by atoms with E-state index in [0.29, 0.717) is 6.42 Å². The molecule has 1 aromatic rings. The van der Waals surface area contributed by atoms with Crippen LogP contribution in [0, 0.1) is 11.3 Å². The van der Waals surface area contributed by atoms with Gasteiger partial charge < -0.3 is 0 Å². The summed E-state index contributed by atoms with van der Waals surface area (Å²) >= 11 is 1.70. The molecule has 0 aliphatic rings. The molecule has 0 fully saturated rings. The van der Waals surface area contributed by atoms with Crippen LogP contribution in [-0.2, 0) is 19.3 Å². The number of thiazole rings is 1. The third-order valence-electron chi connectivity index (χ3n) is 1.86. The highest BCUT2D eigenvalue weighted by atomic mass is 32.1. The molecular weight excluding hydrogens is 180 g/mol. The molecule has 0 saturated carbocycles. The second-order valence-corrected chi connectivity index (χ2v) is 4.08. The number of nitrogens with zero attached hydrogens (tertiary/aromatic N) is 2. The van der Waals surface area contributed by atoms with Gasteiger partial charge in [0.1, 0.15) is 0 Å². The van der Waals surface area contributed by atoms with Crippen LogP contribution in [0.3, 0.4) is 0 Å². The zero-order valence-corrected chi connectivity index (χ0v) is 8.95. The van der Waals surface area contributed by atoms with Crippen molar-refractivity contribution in [2.24, 2.45) is 0 Å². The van der Waals surface area contributed by atoms with Crippen molar-refractivity contribution in [1.29, 1.82) is 5.26 Å². The molecule has 0 aliphatic heterocycles. The number of aromatic nitrogens is 1. The molecule has 1 heterocycles. The summed E-state index contributed by atoms with van der Waals surface area (Å²) in [6.45, 7) is 4.24. The summed E-state index contributed by atoms with van der Waals surface area (Å²) in [5, 5.41) is 9.79. The van der Waals surface area contributed by atoms with Gasteiger partial charge in [0, 0.05) is 4.88 Å². The predicted molar refractivity (Wildman–Crippen MR) is 54.8 cm³/mol. The maximum atomic E-state index is 8.61. The van der Waals surface area contributed by atoms with E-state index in [2.05, 4.69) is 24.9 Å². The quantitative estimate of drug-likeness (QED) is 0.739. The fourth-order valence-electron chi connectivity index (χ4n) is 1.24. The molecule has 0 radical (unpaired) electrons. The normalized spacial score (nSPS) is 9.92. The molecule has 0 spiro atoms. The minimum absolute atomic E-state index is 0.518. The van der Waals surface area contributed by atoms with Crippen LogP contribution in [0.2, 0.25) is 0 Å². The number of hydrogen-bond donors (Lipinski definition) is 0. The SMILES string of the molecule is CCCc1nc(CC)c(CC#N)s1. The van der Waals surface area contributed by atoms with Gasteiger partial charge in [0.05, 0.1) is 23.2 Å². The van der Waals surface area contributed by atoms with Crippen molar-refractivity contribution in [3.63, 3.8) is 0 Å². The van der Waals surface area contributed by atoms with Gasteiger partial charge in [-0.2, -0.15) is 5.26 Å². The Labute approximate surface area is 83.2 Å². The Balaban J connectivity index is 2.85. The predicted octanol–water partition coefficient (Wildman–Crippen LogP) is 2.72. The molecule has 0 bridgehead atoms. The van der Waals surface area contributed by atoms with Gasteiger partial charge in [-0.05, 0) is 19.3 Å². The lowest BCUT2D eigenvalue weighted by atomic mass is 10.2. The summed E-state index contributed by atoms with van der Waals surface area (Å²) in [7, 11) is 0. The van der Waals surface area contributed by atoms with E-state index in [1.165, 1.54) is 5.01 Å². The number of rotatable bonds is 4. The molecule has 0 N–H and O–H groups in total. The van der Waals surface area contributed by atoms with Crippen molar-refractivity contribution in [3.8, 4) is 6.07 Å². The van der Waals surface area contributed by atoms with Gasteiger partial charge in [-0.25, -0.2) is 4.98 Å². The number of nitriles is 1. The van der Waals surface area contributed by atoms with Crippen LogP contribution in [0.1, 0.15) is 35.8 Å². The Bertz CT molecular complexity index is 309. The average molecular weight is 194 g/mol. The van der Waals surface area contributed by atoms with Gasteiger partial charge in [-0.1, -0.05) is 13.8 Å². The molecule has 0 atom stereocenters. The van der Waals surface area contributed by atoms with Crippen LogP contribution in [0.15, 0.2) is 0 Å². The summed E-state index contributed by atoms with van der Waals surface area (Å²) < 4.78 is 0. The van der Waals surface area contributed by atoms with Crippen LogP contribution >= 0.6 is 11.3 Å². The summed E-state index contributed by atoms with van der Waals surface area (Å²) in [6, 6.07) is 2.18. The Morgan fingerprint density at radius 2 is 2.23 bits per heavy atom. The summed E-state index contributed by atoms with van der Waals surface area (Å²) in [6.07, 6.45) is 3.63. The maximum absolute atomic E-state index is 8.61. The first-order valence-corrected chi connectivity index (χ1v) is 5.47. The van der Waals surface area contributed by atoms with E-state index in [9.17, 15) is 0 Å². The molecular formula is C10H14N2S. The Hall–Kier alpha value is -0.880. The van der Waals surface area contributed by atoms with Crippen molar-refractivity contribution in [2.75, 3.05) is 0 Å². The van der Waals surface area contributed by atoms with Crippen LogP contribution < -0.4 is 0 Å². The first kappa shape index (κ1) is 10.2. The zero-order valence-electron chi connectivity index (χ0n) is 8.13. The van der Waals surface area contributed by atoms with E-state index in [0.717, 1.165) is 29.8 Å². The lowest BCUT2D eigenvalue weighted by molar-refractivity contribution is 0.891. The molecule has 13 heavy (non-hydrogen) atoms. The average Bonchev–Trinajstić information content (AvgIpc) is 2.49. The molecule has 70 valence electrons. The maximum Gasteiger partial charge on any atom is 0.0931 e. The summed E-state index contributed by atoms with van der Waals surface area (Å²) in [5.41, 5.74) is 1.12. The van der Waals surface area contributed by atoms with Crippen LogP contribution in [0.4, 0.5) is 0 Å². The first-order chi connectivity index (χ1) is 6.31. The molecule has 0 aliphatic carbocycles. The van der Waals surface area contributed by atoms with Crippen molar-refractivity contribution < 1.29 is 0 Å². The topological polar surface area (TPSA) is 36.7 Å². The van der Waals surface area contributed by atoms with Crippen molar-refractivity contribution in [1.82, 2.24) is 4.98 Å². The first-order valence-electron chi connectivity index (χ1n) is 4.66. The smallest absolute Gasteiger partial charge is 0.0931 e. The van der Waals surface area contributed by atoms with Crippen LogP contribution in [0.25, 0.3) is 0 Å². The van der Waals surface area contributed by atoms with Crippen molar-refractivity contribution >= 4 is 11.3 Å². The summed E-state index contributed by atoms with van der Waals surface area (Å²) in [5.74, 6) is 0. The molecule has 0 aromatic carbocycles. The van der Waals surface area contributed by atoms with Gasteiger partial charge >= 0.3 is 0 Å². The van der Waals surface area contributed by atoms with E-state index in [1.54, 1.807) is 11.3 Å². The fraction of sp³-hybridized carbons (Fsp3) is 0.600. The lowest BCUT2D eigenvalue weighted by Crippen LogP contribution is -1.87. The van der Waals surface area contributed by atoms with Crippen molar-refractivity contribution in [3.05, 3.63) is 15.6 Å². The molecule has 1 aromatic heterocycles. The molecule has 2 nitrogen and oxygen atoms in total. The van der Waals surface area contributed by atoms with Gasteiger partial charge in [0.15, 0.2) is 0 Å². The monoisotopic (exact) mass is 194 g/mol. The van der Waals surface area contributed by atoms with Gasteiger partial charge in [0.2, 0.25) is 0 Å². The van der Waals surface area contributed by atoms with E-state index in [1.807, 2.05) is 0 Å². The highest BCUT2D eigenvalue weighted by Gasteiger charge is 2.07. The summed E-state index contributed by atoms with van der Waals surface area (Å²) in [4.78, 5) is 5.67. The van der Waals surface area contributed by atoms with Crippen LogP contribution in [-0.4, -0.2) is 4.98 Å². The second-order valence-electron chi connectivity index (χ2n) is 2.92. The zero-order chi connectivity index (χ0) is 9.68. The highest BCUT2D eigenvalue weighted by Crippen LogP contribution is 2.20. The van der Waals surface area contributed by atoms with Gasteiger partial charge in [-0.3, -0.25) is 0 Å². The highest BCUT2D eigenvalue weighted by molar-refractivity contribution is 7.11. The largest absolute Gasteiger partial charge is 0.246 e. The molecule has 0 saturated heterocycles. The van der Waals surface area contributed by atoms with E-state index >= 15 is 0 Å². The third-order valence-corrected chi connectivity index (χ3v) is 3.02. The number of aryl methyl sites for hydroxylation is 2. The Kier molecular flexibility index (Phi) is 3.91. The van der Waals surface area contributed by atoms with Gasteiger partial charge in [0.25, 0.3) is 0 Å². The number of hydrogen-bond acceptors (Lipinski definition) is 3. The van der Waals surface area contributed by atoms with Crippen molar-refractivity contribution in [2.45, 2.75) is 39.5 Å². The lowest BCUT2D eigenvalue weighted by Gasteiger charge is -1.89. The molecule has 0 unspecified atom stereocenters.